The third-order valence-electron chi connectivity index (χ3n) is 3.26. The Hall–Kier alpha value is -2.18. The van der Waals surface area contributed by atoms with Crippen LogP contribution in [0.4, 0.5) is 11.5 Å². The van der Waals surface area contributed by atoms with Crippen molar-refractivity contribution in [2.75, 3.05) is 18.0 Å². The number of aliphatic carboxylic acids is 1. The van der Waals surface area contributed by atoms with Gasteiger partial charge in [-0.3, -0.25) is 14.9 Å². The lowest BCUT2D eigenvalue weighted by Crippen LogP contribution is -2.39. The Balaban J connectivity index is 2.32. The molecule has 0 aliphatic carbocycles. The SMILES string of the molecule is Cc1ccc([N+](=O)[O-])c(N2CCCC(C(=O)O)C2)n1. The summed E-state index contributed by atoms with van der Waals surface area (Å²) in [5, 5.41) is 20.1. The third kappa shape index (κ3) is 2.81. The van der Waals surface area contributed by atoms with Gasteiger partial charge in [0.05, 0.1) is 10.8 Å². The molecule has 7 heteroatoms. The number of carboxylic acid groups (broad SMARTS) is 1. The van der Waals surface area contributed by atoms with Crippen LogP contribution in [0.5, 0.6) is 0 Å². The van der Waals surface area contributed by atoms with E-state index in [0.717, 1.165) is 0 Å². The van der Waals surface area contributed by atoms with E-state index in [4.69, 9.17) is 5.11 Å². The quantitative estimate of drug-likeness (QED) is 0.658. The second-order valence-electron chi connectivity index (χ2n) is 4.68. The van der Waals surface area contributed by atoms with Gasteiger partial charge in [-0.15, -0.1) is 0 Å². The number of carboxylic acids is 1. The zero-order valence-electron chi connectivity index (χ0n) is 10.6. The molecule has 2 heterocycles. The number of rotatable bonds is 3. The van der Waals surface area contributed by atoms with Gasteiger partial charge in [-0.25, -0.2) is 4.98 Å². The Bertz CT molecular complexity index is 518. The van der Waals surface area contributed by atoms with Crippen LogP contribution in [0.15, 0.2) is 12.1 Å². The summed E-state index contributed by atoms with van der Waals surface area (Å²) in [5.41, 5.74) is 0.606. The number of hydrogen-bond acceptors (Lipinski definition) is 5. The van der Waals surface area contributed by atoms with E-state index in [1.165, 1.54) is 6.07 Å². The van der Waals surface area contributed by atoms with E-state index >= 15 is 0 Å². The Morgan fingerprint density at radius 1 is 1.58 bits per heavy atom. The molecule has 0 saturated carbocycles. The number of carbonyl (C=O) groups is 1. The fourth-order valence-corrected chi connectivity index (χ4v) is 2.28. The smallest absolute Gasteiger partial charge is 0.311 e. The molecule has 0 amide bonds. The molecule has 1 aromatic heterocycles. The molecule has 19 heavy (non-hydrogen) atoms. The largest absolute Gasteiger partial charge is 0.481 e. The first-order valence-corrected chi connectivity index (χ1v) is 6.09. The van der Waals surface area contributed by atoms with Crippen molar-refractivity contribution in [3.8, 4) is 0 Å². The zero-order chi connectivity index (χ0) is 14.0. The predicted molar refractivity (Wildman–Crippen MR) is 68.2 cm³/mol. The standard InChI is InChI=1S/C12H15N3O4/c1-8-4-5-10(15(18)19)11(13-8)14-6-2-3-9(7-14)12(16)17/h4-5,9H,2-3,6-7H2,1H3,(H,16,17). The minimum absolute atomic E-state index is 0.0726. The second-order valence-corrected chi connectivity index (χ2v) is 4.68. The van der Waals surface area contributed by atoms with Crippen molar-refractivity contribution in [2.24, 2.45) is 5.92 Å². The van der Waals surface area contributed by atoms with E-state index in [-0.39, 0.29) is 18.1 Å². The number of hydrogen-bond donors (Lipinski definition) is 1. The summed E-state index contributed by atoms with van der Waals surface area (Å²) in [5.74, 6) is -1.08. The van der Waals surface area contributed by atoms with Crippen LogP contribution in [0, 0.1) is 23.0 Å². The number of nitrogens with zero attached hydrogens (tertiary/aromatic N) is 3. The maximum atomic E-state index is 11.0. The van der Waals surface area contributed by atoms with Crippen LogP contribution in [0.1, 0.15) is 18.5 Å². The second kappa shape index (κ2) is 5.21. The summed E-state index contributed by atoms with van der Waals surface area (Å²) < 4.78 is 0. The Morgan fingerprint density at radius 3 is 2.95 bits per heavy atom. The number of anilines is 1. The van der Waals surface area contributed by atoms with Gasteiger partial charge in [0.1, 0.15) is 0 Å². The lowest BCUT2D eigenvalue weighted by molar-refractivity contribution is -0.384. The van der Waals surface area contributed by atoms with Crippen molar-refractivity contribution in [2.45, 2.75) is 19.8 Å². The summed E-state index contributed by atoms with van der Waals surface area (Å²) in [6, 6.07) is 3.00. The first kappa shape index (κ1) is 13.3. The zero-order valence-corrected chi connectivity index (χ0v) is 10.6. The van der Waals surface area contributed by atoms with Crippen molar-refractivity contribution < 1.29 is 14.8 Å². The highest BCUT2D eigenvalue weighted by Gasteiger charge is 2.30. The molecule has 1 aromatic rings. The first-order valence-electron chi connectivity index (χ1n) is 6.09. The van der Waals surface area contributed by atoms with Gasteiger partial charge < -0.3 is 10.0 Å². The summed E-state index contributed by atoms with van der Waals surface area (Å²) in [6.45, 7) is 2.62. The van der Waals surface area contributed by atoms with Crippen LogP contribution in [0.2, 0.25) is 0 Å². The van der Waals surface area contributed by atoms with Crippen LogP contribution < -0.4 is 4.90 Å². The monoisotopic (exact) mass is 265 g/mol. The summed E-state index contributed by atoms with van der Waals surface area (Å²) in [4.78, 5) is 27.5. The van der Waals surface area contributed by atoms with E-state index in [1.54, 1.807) is 17.9 Å². The Labute approximate surface area is 110 Å². The molecule has 102 valence electrons. The van der Waals surface area contributed by atoms with E-state index in [9.17, 15) is 14.9 Å². The maximum Gasteiger partial charge on any atom is 0.311 e. The summed E-state index contributed by atoms with van der Waals surface area (Å²) in [7, 11) is 0. The van der Waals surface area contributed by atoms with Crippen LogP contribution in [-0.2, 0) is 4.79 Å². The lowest BCUT2D eigenvalue weighted by atomic mass is 9.98. The number of aromatic nitrogens is 1. The number of nitro groups is 1. The molecule has 1 fully saturated rings. The van der Waals surface area contributed by atoms with Crippen molar-refractivity contribution in [1.82, 2.24) is 4.98 Å². The topological polar surface area (TPSA) is 96.6 Å². The fourth-order valence-electron chi connectivity index (χ4n) is 2.28. The molecular formula is C12H15N3O4. The Kier molecular flexibility index (Phi) is 3.64. The summed E-state index contributed by atoms with van der Waals surface area (Å²) >= 11 is 0. The fraction of sp³-hybridized carbons (Fsp3) is 0.500. The molecule has 1 aliphatic heterocycles. The average molecular weight is 265 g/mol. The van der Waals surface area contributed by atoms with Gasteiger partial charge in [-0.1, -0.05) is 0 Å². The molecule has 0 radical (unpaired) electrons. The number of piperidine rings is 1. The van der Waals surface area contributed by atoms with Crippen LogP contribution in [0.3, 0.4) is 0 Å². The van der Waals surface area contributed by atoms with E-state index in [0.29, 0.717) is 25.1 Å². The minimum atomic E-state index is -0.861. The average Bonchev–Trinajstić information content (AvgIpc) is 2.38. The van der Waals surface area contributed by atoms with Gasteiger partial charge in [0.25, 0.3) is 0 Å². The molecule has 2 rings (SSSR count). The first-order chi connectivity index (χ1) is 8.99. The molecule has 1 aliphatic rings. The van der Waals surface area contributed by atoms with Gasteiger partial charge in [0.2, 0.25) is 5.82 Å². The van der Waals surface area contributed by atoms with Gasteiger partial charge in [-0.05, 0) is 25.8 Å². The van der Waals surface area contributed by atoms with Gasteiger partial charge in [-0.2, -0.15) is 0 Å². The van der Waals surface area contributed by atoms with E-state index in [1.807, 2.05) is 0 Å². The van der Waals surface area contributed by atoms with Crippen LogP contribution in [0.25, 0.3) is 0 Å². The number of aryl methyl sites for hydroxylation is 1. The molecule has 7 nitrogen and oxygen atoms in total. The minimum Gasteiger partial charge on any atom is -0.481 e. The van der Waals surface area contributed by atoms with Gasteiger partial charge >= 0.3 is 11.7 Å². The highest BCUT2D eigenvalue weighted by atomic mass is 16.6. The van der Waals surface area contributed by atoms with Crippen molar-refractivity contribution in [3.63, 3.8) is 0 Å². The van der Waals surface area contributed by atoms with Crippen molar-refractivity contribution >= 4 is 17.5 Å². The molecule has 1 saturated heterocycles. The predicted octanol–water partition coefficient (Wildman–Crippen LogP) is 1.60. The van der Waals surface area contributed by atoms with Crippen molar-refractivity contribution in [1.29, 1.82) is 0 Å². The van der Waals surface area contributed by atoms with Gasteiger partial charge in [0.15, 0.2) is 0 Å². The molecular weight excluding hydrogens is 250 g/mol. The normalized spacial score (nSPS) is 19.2. The Morgan fingerprint density at radius 2 is 2.32 bits per heavy atom. The van der Waals surface area contributed by atoms with Crippen LogP contribution >= 0.6 is 0 Å². The maximum absolute atomic E-state index is 11.0. The van der Waals surface area contributed by atoms with Crippen LogP contribution in [-0.4, -0.2) is 34.1 Å². The molecule has 1 atom stereocenters. The highest BCUT2D eigenvalue weighted by molar-refractivity contribution is 5.71. The third-order valence-corrected chi connectivity index (χ3v) is 3.26. The van der Waals surface area contributed by atoms with E-state index in [2.05, 4.69) is 4.98 Å². The molecule has 1 N–H and O–H groups in total. The van der Waals surface area contributed by atoms with Crippen molar-refractivity contribution in [3.05, 3.63) is 27.9 Å². The molecule has 0 bridgehead atoms. The van der Waals surface area contributed by atoms with E-state index < -0.39 is 16.8 Å². The summed E-state index contributed by atoms with van der Waals surface area (Å²) in [6.07, 6.45) is 1.30. The van der Waals surface area contributed by atoms with Gasteiger partial charge in [0, 0.05) is 24.8 Å². The lowest BCUT2D eigenvalue weighted by Gasteiger charge is -2.31. The highest BCUT2D eigenvalue weighted by Crippen LogP contribution is 2.29. The molecule has 1 unspecified atom stereocenters. The number of pyridine rings is 1. The molecule has 0 spiro atoms. The molecule has 0 aromatic carbocycles.